The summed E-state index contributed by atoms with van der Waals surface area (Å²) in [6.07, 6.45) is -0.556. The summed E-state index contributed by atoms with van der Waals surface area (Å²) in [6.45, 7) is 5.72. The molecule has 0 spiro atoms. The summed E-state index contributed by atoms with van der Waals surface area (Å²) in [5.41, 5.74) is 3.35. The summed E-state index contributed by atoms with van der Waals surface area (Å²) in [5.74, 6) is 5.73. The van der Waals surface area contributed by atoms with Crippen molar-refractivity contribution < 1.29 is 5.11 Å². The molecule has 1 N–H and O–H groups in total. The molecule has 1 aromatic rings. The second kappa shape index (κ2) is 4.11. The lowest BCUT2D eigenvalue weighted by Crippen LogP contribution is -1.94. The Morgan fingerprint density at radius 1 is 1.23 bits per heavy atom. The first-order chi connectivity index (χ1) is 6.11. The van der Waals surface area contributed by atoms with Crippen LogP contribution < -0.4 is 0 Å². The van der Waals surface area contributed by atoms with E-state index < -0.39 is 6.10 Å². The lowest BCUT2D eigenvalue weighted by molar-refractivity contribution is 0.253. The van der Waals surface area contributed by atoms with Gasteiger partial charge in [-0.3, -0.25) is 0 Å². The van der Waals surface area contributed by atoms with Crippen molar-refractivity contribution in [3.63, 3.8) is 0 Å². The minimum absolute atomic E-state index is 0.556. The lowest BCUT2D eigenvalue weighted by Gasteiger charge is -2.01. The topological polar surface area (TPSA) is 20.2 Å². The van der Waals surface area contributed by atoms with Gasteiger partial charge in [-0.1, -0.05) is 30.0 Å². The van der Waals surface area contributed by atoms with Gasteiger partial charge in [-0.15, -0.1) is 0 Å². The van der Waals surface area contributed by atoms with Gasteiger partial charge >= 0.3 is 0 Å². The number of aryl methyl sites for hydroxylation is 2. The lowest BCUT2D eigenvalue weighted by atomic mass is 10.0. The Morgan fingerprint density at radius 3 is 2.23 bits per heavy atom. The van der Waals surface area contributed by atoms with Gasteiger partial charge < -0.3 is 5.11 Å². The second-order valence-electron chi connectivity index (χ2n) is 3.21. The molecule has 0 saturated heterocycles. The molecule has 13 heavy (non-hydrogen) atoms. The maximum atomic E-state index is 9.02. The smallest absolute Gasteiger partial charge is 0.112 e. The van der Waals surface area contributed by atoms with Crippen LogP contribution in [-0.2, 0) is 0 Å². The van der Waals surface area contributed by atoms with Gasteiger partial charge in [0.25, 0.3) is 0 Å². The maximum Gasteiger partial charge on any atom is 0.112 e. The monoisotopic (exact) mass is 174 g/mol. The van der Waals surface area contributed by atoms with Crippen molar-refractivity contribution in [2.45, 2.75) is 26.9 Å². The third kappa shape index (κ3) is 2.61. The molecular formula is C12H14O. The van der Waals surface area contributed by atoms with Crippen molar-refractivity contribution in [2.75, 3.05) is 0 Å². The Labute approximate surface area is 79.4 Å². The molecule has 0 fully saturated rings. The van der Waals surface area contributed by atoms with Crippen LogP contribution in [0, 0.1) is 25.7 Å². The zero-order valence-corrected chi connectivity index (χ0v) is 8.26. The fourth-order valence-corrected chi connectivity index (χ4v) is 1.19. The Kier molecular flexibility index (Phi) is 3.11. The molecule has 0 saturated carbocycles. The summed E-state index contributed by atoms with van der Waals surface area (Å²) in [7, 11) is 0. The summed E-state index contributed by atoms with van der Waals surface area (Å²) in [5, 5.41) is 9.02. The minimum Gasteiger partial charge on any atom is -0.381 e. The van der Waals surface area contributed by atoms with E-state index in [-0.39, 0.29) is 0 Å². The fourth-order valence-electron chi connectivity index (χ4n) is 1.19. The standard InChI is InChI=1S/C12H14O/c1-9-5-4-6-10(2)12(9)8-7-11(3)13/h4-6,11,13H,1-3H3. The van der Waals surface area contributed by atoms with Crippen molar-refractivity contribution in [1.82, 2.24) is 0 Å². The highest BCUT2D eigenvalue weighted by molar-refractivity contribution is 5.46. The van der Waals surface area contributed by atoms with E-state index in [2.05, 4.69) is 11.8 Å². The first kappa shape index (κ1) is 9.83. The summed E-state index contributed by atoms with van der Waals surface area (Å²) in [4.78, 5) is 0. The highest BCUT2D eigenvalue weighted by atomic mass is 16.3. The van der Waals surface area contributed by atoms with Gasteiger partial charge in [0.1, 0.15) is 6.10 Å². The number of hydrogen-bond acceptors (Lipinski definition) is 1. The van der Waals surface area contributed by atoms with E-state index in [0.29, 0.717) is 0 Å². The Hall–Kier alpha value is -1.26. The van der Waals surface area contributed by atoms with Crippen LogP contribution in [0.2, 0.25) is 0 Å². The first-order valence-electron chi connectivity index (χ1n) is 4.37. The molecule has 0 amide bonds. The maximum absolute atomic E-state index is 9.02. The van der Waals surface area contributed by atoms with Crippen LogP contribution in [0.5, 0.6) is 0 Å². The van der Waals surface area contributed by atoms with Crippen LogP contribution in [0.3, 0.4) is 0 Å². The molecule has 0 aromatic heterocycles. The molecule has 0 aliphatic carbocycles. The molecule has 1 aromatic carbocycles. The molecule has 0 aliphatic rings. The van der Waals surface area contributed by atoms with Gasteiger partial charge in [-0.05, 0) is 31.9 Å². The van der Waals surface area contributed by atoms with Gasteiger partial charge in [0, 0.05) is 5.56 Å². The highest BCUT2D eigenvalue weighted by Gasteiger charge is 1.97. The molecule has 1 unspecified atom stereocenters. The molecule has 1 rings (SSSR count). The van der Waals surface area contributed by atoms with Crippen LogP contribution >= 0.6 is 0 Å². The van der Waals surface area contributed by atoms with E-state index in [9.17, 15) is 0 Å². The Morgan fingerprint density at radius 2 is 1.77 bits per heavy atom. The van der Waals surface area contributed by atoms with Crippen molar-refractivity contribution in [1.29, 1.82) is 0 Å². The summed E-state index contributed by atoms with van der Waals surface area (Å²) in [6, 6.07) is 6.07. The largest absolute Gasteiger partial charge is 0.381 e. The average molecular weight is 174 g/mol. The van der Waals surface area contributed by atoms with Crippen LogP contribution in [0.15, 0.2) is 18.2 Å². The number of rotatable bonds is 0. The van der Waals surface area contributed by atoms with E-state index in [0.717, 1.165) is 16.7 Å². The SMILES string of the molecule is Cc1cccc(C)c1C#CC(C)O. The van der Waals surface area contributed by atoms with Crippen molar-refractivity contribution in [3.05, 3.63) is 34.9 Å². The normalized spacial score (nSPS) is 11.7. The average Bonchev–Trinajstić information content (AvgIpc) is 2.03. The van der Waals surface area contributed by atoms with Crippen molar-refractivity contribution in [2.24, 2.45) is 0 Å². The molecule has 1 heteroatoms. The number of hydrogen-bond donors (Lipinski definition) is 1. The molecule has 68 valence electrons. The number of benzene rings is 1. The van der Waals surface area contributed by atoms with E-state index in [1.54, 1.807) is 6.92 Å². The Balaban J connectivity index is 3.09. The van der Waals surface area contributed by atoms with Crippen LogP contribution in [0.1, 0.15) is 23.6 Å². The van der Waals surface area contributed by atoms with Crippen molar-refractivity contribution >= 4 is 0 Å². The minimum atomic E-state index is -0.556. The molecular weight excluding hydrogens is 160 g/mol. The predicted octanol–water partition coefficient (Wildman–Crippen LogP) is 2.04. The fraction of sp³-hybridized carbons (Fsp3) is 0.333. The highest BCUT2D eigenvalue weighted by Crippen LogP contribution is 2.11. The molecule has 0 heterocycles. The quantitative estimate of drug-likeness (QED) is 0.597. The number of aliphatic hydroxyl groups is 1. The van der Waals surface area contributed by atoms with Crippen LogP contribution in [0.25, 0.3) is 0 Å². The van der Waals surface area contributed by atoms with Gasteiger partial charge in [0.2, 0.25) is 0 Å². The molecule has 0 bridgehead atoms. The van der Waals surface area contributed by atoms with E-state index >= 15 is 0 Å². The molecule has 0 radical (unpaired) electrons. The number of aliphatic hydroxyl groups excluding tert-OH is 1. The van der Waals surface area contributed by atoms with Crippen LogP contribution in [-0.4, -0.2) is 11.2 Å². The van der Waals surface area contributed by atoms with E-state index in [1.807, 2.05) is 32.0 Å². The third-order valence-electron chi connectivity index (χ3n) is 1.89. The van der Waals surface area contributed by atoms with Gasteiger partial charge in [0.15, 0.2) is 0 Å². The van der Waals surface area contributed by atoms with Gasteiger partial charge in [0.05, 0.1) is 0 Å². The zero-order valence-electron chi connectivity index (χ0n) is 8.26. The summed E-state index contributed by atoms with van der Waals surface area (Å²) >= 11 is 0. The Bertz CT molecular complexity index is 333. The van der Waals surface area contributed by atoms with Crippen LogP contribution in [0.4, 0.5) is 0 Å². The predicted molar refractivity (Wildman–Crippen MR) is 54.5 cm³/mol. The van der Waals surface area contributed by atoms with E-state index in [1.165, 1.54) is 0 Å². The zero-order chi connectivity index (χ0) is 9.84. The molecule has 0 aliphatic heterocycles. The van der Waals surface area contributed by atoms with Gasteiger partial charge in [-0.25, -0.2) is 0 Å². The summed E-state index contributed by atoms with van der Waals surface area (Å²) < 4.78 is 0. The molecule has 1 nitrogen and oxygen atoms in total. The third-order valence-corrected chi connectivity index (χ3v) is 1.89. The van der Waals surface area contributed by atoms with E-state index in [4.69, 9.17) is 5.11 Å². The second-order valence-corrected chi connectivity index (χ2v) is 3.21. The molecule has 1 atom stereocenters. The van der Waals surface area contributed by atoms with Crippen molar-refractivity contribution in [3.8, 4) is 11.8 Å². The van der Waals surface area contributed by atoms with Gasteiger partial charge in [-0.2, -0.15) is 0 Å². The first-order valence-corrected chi connectivity index (χ1v) is 4.37.